The van der Waals surface area contributed by atoms with Crippen LogP contribution in [0.15, 0.2) is 35.4 Å². The van der Waals surface area contributed by atoms with Gasteiger partial charge >= 0.3 is 0 Å². The number of H-pyrrole nitrogens is 1. The predicted molar refractivity (Wildman–Crippen MR) is 78.1 cm³/mol. The molecule has 0 spiro atoms. The predicted octanol–water partition coefficient (Wildman–Crippen LogP) is 1.13. The number of amides is 1. The van der Waals surface area contributed by atoms with Crippen LogP contribution in [-0.4, -0.2) is 38.7 Å². The molecule has 6 nitrogen and oxygen atoms in total. The molecule has 0 aromatic carbocycles. The molecule has 0 unspecified atom stereocenters. The topological polar surface area (TPSA) is 71.0 Å². The molecule has 1 aliphatic heterocycles. The van der Waals surface area contributed by atoms with Gasteiger partial charge in [-0.2, -0.15) is 5.10 Å². The number of nitrogens with one attached hydrogen (secondary N) is 1. The molecule has 3 rings (SSSR count). The molecule has 110 valence electrons. The molecule has 2 aromatic heterocycles. The Hall–Kier alpha value is -2.37. The minimum atomic E-state index is -0.111. The summed E-state index contributed by atoms with van der Waals surface area (Å²) in [5.41, 5.74) is 1.52. The van der Waals surface area contributed by atoms with Crippen molar-refractivity contribution in [1.82, 2.24) is 19.7 Å². The first-order valence-electron chi connectivity index (χ1n) is 7.10. The Morgan fingerprint density at radius 1 is 1.38 bits per heavy atom. The Labute approximate surface area is 122 Å². The molecular weight excluding hydrogens is 268 g/mol. The summed E-state index contributed by atoms with van der Waals surface area (Å²) in [7, 11) is 1.66. The zero-order chi connectivity index (χ0) is 14.8. The smallest absolute Gasteiger partial charge is 0.255 e. The number of pyridine rings is 1. The van der Waals surface area contributed by atoms with Crippen molar-refractivity contribution in [3.8, 4) is 0 Å². The van der Waals surface area contributed by atoms with Crippen LogP contribution >= 0.6 is 0 Å². The molecule has 1 atom stereocenters. The van der Waals surface area contributed by atoms with Gasteiger partial charge in [-0.3, -0.25) is 14.7 Å². The Morgan fingerprint density at radius 3 is 2.95 bits per heavy atom. The van der Waals surface area contributed by atoms with Crippen molar-refractivity contribution in [1.29, 1.82) is 0 Å². The van der Waals surface area contributed by atoms with Gasteiger partial charge in [0.15, 0.2) is 0 Å². The summed E-state index contributed by atoms with van der Waals surface area (Å²) in [6.45, 7) is 1.44. The molecule has 2 aromatic rings. The van der Waals surface area contributed by atoms with E-state index in [2.05, 4.69) is 10.2 Å². The molecule has 1 amide bonds. The number of nitrogens with zero attached hydrogens (tertiary/aromatic N) is 3. The average molecular weight is 286 g/mol. The van der Waals surface area contributed by atoms with Crippen molar-refractivity contribution >= 4 is 5.91 Å². The summed E-state index contributed by atoms with van der Waals surface area (Å²) in [5.74, 6) is 0.285. The van der Waals surface area contributed by atoms with Crippen LogP contribution in [0.3, 0.4) is 0 Å². The summed E-state index contributed by atoms with van der Waals surface area (Å²) in [6.07, 6.45) is 5.37. The number of likely N-dealkylation sites (tertiary alicyclic amines) is 1. The molecule has 0 aliphatic carbocycles. The van der Waals surface area contributed by atoms with E-state index in [4.69, 9.17) is 0 Å². The highest BCUT2D eigenvalue weighted by Crippen LogP contribution is 2.26. The highest BCUT2D eigenvalue weighted by Gasteiger charge is 2.26. The number of rotatable bonds is 2. The van der Waals surface area contributed by atoms with Crippen LogP contribution in [-0.2, 0) is 7.05 Å². The Balaban J connectivity index is 1.78. The SMILES string of the molecule is Cn1cc(C(=O)N2CCC[C@@H](c3ccn[nH]3)C2)ccc1=O. The quantitative estimate of drug-likeness (QED) is 0.899. The highest BCUT2D eigenvalue weighted by atomic mass is 16.2. The lowest BCUT2D eigenvalue weighted by molar-refractivity contribution is 0.0705. The van der Waals surface area contributed by atoms with Crippen molar-refractivity contribution in [3.05, 3.63) is 52.2 Å². The molecule has 6 heteroatoms. The lowest BCUT2D eigenvalue weighted by Crippen LogP contribution is -2.39. The van der Waals surface area contributed by atoms with Gasteiger partial charge in [-0.25, -0.2) is 0 Å². The van der Waals surface area contributed by atoms with Gasteiger partial charge in [-0.15, -0.1) is 0 Å². The van der Waals surface area contributed by atoms with Crippen molar-refractivity contribution in [2.75, 3.05) is 13.1 Å². The zero-order valence-corrected chi connectivity index (χ0v) is 12.0. The number of hydrogen-bond acceptors (Lipinski definition) is 3. The van der Waals surface area contributed by atoms with Gasteiger partial charge in [0, 0.05) is 50.2 Å². The third-order valence-corrected chi connectivity index (χ3v) is 4.00. The second-order valence-electron chi connectivity index (χ2n) is 5.47. The third-order valence-electron chi connectivity index (χ3n) is 4.00. The lowest BCUT2D eigenvalue weighted by atomic mass is 9.94. The Morgan fingerprint density at radius 2 is 2.24 bits per heavy atom. The minimum absolute atomic E-state index is 0.0187. The van der Waals surface area contributed by atoms with Crippen molar-refractivity contribution in [2.24, 2.45) is 7.05 Å². The highest BCUT2D eigenvalue weighted by molar-refractivity contribution is 5.94. The van der Waals surface area contributed by atoms with E-state index in [1.54, 1.807) is 25.5 Å². The number of carbonyl (C=O) groups is 1. The zero-order valence-electron chi connectivity index (χ0n) is 12.0. The average Bonchev–Trinajstić information content (AvgIpc) is 3.04. The number of aromatic nitrogens is 3. The molecule has 1 saturated heterocycles. The van der Waals surface area contributed by atoms with Crippen LogP contribution in [0.5, 0.6) is 0 Å². The molecular formula is C15H18N4O2. The van der Waals surface area contributed by atoms with Gasteiger partial charge in [-0.1, -0.05) is 0 Å². The Kier molecular flexibility index (Phi) is 3.60. The van der Waals surface area contributed by atoms with E-state index in [9.17, 15) is 9.59 Å². The van der Waals surface area contributed by atoms with Crippen LogP contribution in [0.25, 0.3) is 0 Å². The number of carbonyl (C=O) groups excluding carboxylic acids is 1. The maximum absolute atomic E-state index is 12.6. The largest absolute Gasteiger partial charge is 0.338 e. The number of piperidine rings is 1. The van der Waals surface area contributed by atoms with Gasteiger partial charge in [-0.05, 0) is 25.0 Å². The van der Waals surface area contributed by atoms with Crippen molar-refractivity contribution < 1.29 is 4.79 Å². The van der Waals surface area contributed by atoms with Crippen LogP contribution in [0.1, 0.15) is 34.8 Å². The Bertz CT molecular complexity index is 690. The molecule has 1 fully saturated rings. The number of aromatic amines is 1. The number of aryl methyl sites for hydroxylation is 1. The maximum Gasteiger partial charge on any atom is 0.255 e. The first-order valence-corrected chi connectivity index (χ1v) is 7.10. The van der Waals surface area contributed by atoms with Gasteiger partial charge < -0.3 is 9.47 Å². The molecule has 1 aliphatic rings. The minimum Gasteiger partial charge on any atom is -0.338 e. The molecule has 0 bridgehead atoms. The molecule has 0 saturated carbocycles. The summed E-state index contributed by atoms with van der Waals surface area (Å²) >= 11 is 0. The van der Waals surface area contributed by atoms with E-state index in [0.717, 1.165) is 25.1 Å². The first-order chi connectivity index (χ1) is 10.1. The van der Waals surface area contributed by atoms with Crippen molar-refractivity contribution in [2.45, 2.75) is 18.8 Å². The van der Waals surface area contributed by atoms with E-state index in [1.165, 1.54) is 10.6 Å². The summed E-state index contributed by atoms with van der Waals surface area (Å²) in [6, 6.07) is 5.00. The molecule has 21 heavy (non-hydrogen) atoms. The van der Waals surface area contributed by atoms with E-state index >= 15 is 0 Å². The van der Waals surface area contributed by atoms with E-state index in [0.29, 0.717) is 18.0 Å². The van der Waals surface area contributed by atoms with Gasteiger partial charge in [0.1, 0.15) is 0 Å². The summed E-state index contributed by atoms with van der Waals surface area (Å²) in [4.78, 5) is 25.8. The lowest BCUT2D eigenvalue weighted by Gasteiger charge is -2.32. The summed E-state index contributed by atoms with van der Waals surface area (Å²) in [5, 5.41) is 6.97. The molecule has 3 heterocycles. The summed E-state index contributed by atoms with van der Waals surface area (Å²) < 4.78 is 1.43. The molecule has 0 radical (unpaired) electrons. The van der Waals surface area contributed by atoms with Crippen LogP contribution in [0.2, 0.25) is 0 Å². The van der Waals surface area contributed by atoms with Crippen LogP contribution in [0.4, 0.5) is 0 Å². The van der Waals surface area contributed by atoms with Gasteiger partial charge in [0.25, 0.3) is 5.91 Å². The first kappa shape index (κ1) is 13.6. The van der Waals surface area contributed by atoms with Gasteiger partial charge in [0.05, 0.1) is 5.56 Å². The van der Waals surface area contributed by atoms with Crippen molar-refractivity contribution in [3.63, 3.8) is 0 Å². The second-order valence-corrected chi connectivity index (χ2v) is 5.47. The normalized spacial score (nSPS) is 18.7. The number of hydrogen-bond donors (Lipinski definition) is 1. The second kappa shape index (κ2) is 5.55. The fourth-order valence-corrected chi connectivity index (χ4v) is 2.81. The molecule has 1 N–H and O–H groups in total. The fourth-order valence-electron chi connectivity index (χ4n) is 2.81. The standard InChI is InChI=1S/C15H18N4O2/c1-18-9-12(4-5-14(18)20)15(21)19-8-2-3-11(10-19)13-6-7-16-17-13/h4-7,9,11H,2-3,8,10H2,1H3,(H,16,17)/t11-/m1/s1. The van der Waals surface area contributed by atoms with E-state index in [-0.39, 0.29) is 11.5 Å². The third kappa shape index (κ3) is 2.74. The monoisotopic (exact) mass is 286 g/mol. The fraction of sp³-hybridized carbons (Fsp3) is 0.400. The van der Waals surface area contributed by atoms with Crippen LogP contribution in [0, 0.1) is 0 Å². The van der Waals surface area contributed by atoms with Crippen LogP contribution < -0.4 is 5.56 Å². The van der Waals surface area contributed by atoms with E-state index in [1.807, 2.05) is 11.0 Å². The van der Waals surface area contributed by atoms with E-state index < -0.39 is 0 Å². The maximum atomic E-state index is 12.6. The van der Waals surface area contributed by atoms with Gasteiger partial charge in [0.2, 0.25) is 5.56 Å².